The smallest absolute Gasteiger partial charge is 0.317 e. The lowest BCUT2D eigenvalue weighted by molar-refractivity contribution is -0.384. The highest BCUT2D eigenvalue weighted by Crippen LogP contribution is 2.76. The number of rotatable bonds is 28. The van der Waals surface area contributed by atoms with Gasteiger partial charge in [-0.05, 0) is 117 Å². The molecule has 0 bridgehead atoms. The molecule has 1 amide bonds. The molecule has 42 atom stereocenters. The average molecular weight is 1680 g/mol. The molecule has 0 aromatic carbocycles. The Hall–Kier alpha value is -2.89. The van der Waals surface area contributed by atoms with Crippen molar-refractivity contribution in [2.24, 2.45) is 50.2 Å². The molecule has 672 valence electrons. The number of allylic oxidation sites excluding steroid dienone is 2. The Balaban J connectivity index is 0.846. The van der Waals surface area contributed by atoms with E-state index in [2.05, 4.69) is 52.9 Å². The van der Waals surface area contributed by atoms with Crippen molar-refractivity contribution in [3.8, 4) is 0 Å². The third-order valence-electron chi connectivity index (χ3n) is 29.4. The van der Waals surface area contributed by atoms with Crippen LogP contribution in [0.5, 0.6) is 0 Å². The summed E-state index contributed by atoms with van der Waals surface area (Å²) in [5.74, 6) is -2.88. The molecule has 36 heteroatoms. The normalized spacial score (nSPS) is 50.6. The highest BCUT2D eigenvalue weighted by molar-refractivity contribution is 5.80. The fourth-order valence-electron chi connectivity index (χ4n) is 22.0. The number of nitrogens with one attached hydrogen (secondary N) is 1. The van der Waals surface area contributed by atoms with Crippen LogP contribution < -0.4 is 5.32 Å². The molecule has 7 aliphatic heterocycles. The van der Waals surface area contributed by atoms with Crippen molar-refractivity contribution in [2.45, 2.75) is 393 Å². The Morgan fingerprint density at radius 3 is 1.61 bits per heavy atom. The van der Waals surface area contributed by atoms with Crippen LogP contribution in [0.4, 0.5) is 0 Å². The van der Waals surface area contributed by atoms with Crippen molar-refractivity contribution in [3.63, 3.8) is 0 Å². The molecule has 12 rings (SSSR count). The van der Waals surface area contributed by atoms with Crippen LogP contribution in [0, 0.1) is 50.2 Å². The molecule has 117 heavy (non-hydrogen) atoms. The summed E-state index contributed by atoms with van der Waals surface area (Å²) in [6.07, 6.45) is -41.8. The van der Waals surface area contributed by atoms with E-state index in [1.165, 1.54) is 13.8 Å². The number of esters is 1. The molecule has 0 aromatic heterocycles. The van der Waals surface area contributed by atoms with Gasteiger partial charge in [0.15, 0.2) is 43.8 Å². The molecule has 12 aliphatic rings. The van der Waals surface area contributed by atoms with Gasteiger partial charge in [-0.15, -0.1) is 0 Å². The molecule has 15 unspecified atom stereocenters. The highest BCUT2D eigenvalue weighted by Gasteiger charge is 2.73. The zero-order chi connectivity index (χ0) is 85.1. The van der Waals surface area contributed by atoms with Gasteiger partial charge in [0.05, 0.1) is 68.9 Å². The van der Waals surface area contributed by atoms with E-state index in [1.807, 2.05) is 0 Å². The van der Waals surface area contributed by atoms with Gasteiger partial charge < -0.3 is 168 Å². The number of aliphatic hydroxyl groups is 18. The molecular weight excluding hydrogens is 1550 g/mol. The second-order valence-electron chi connectivity index (χ2n) is 37.3. The molecule has 36 nitrogen and oxygen atoms in total. The molecule has 7 saturated heterocycles. The number of fused-ring (bicyclic) bond motifs is 7. The largest absolute Gasteiger partial charge is 0.432 e. The van der Waals surface area contributed by atoms with Crippen molar-refractivity contribution in [1.82, 2.24) is 5.32 Å². The first-order chi connectivity index (χ1) is 55.3. The maximum absolute atomic E-state index is 16.5. The molecule has 7 heterocycles. The second-order valence-corrected chi connectivity index (χ2v) is 37.3. The lowest BCUT2D eigenvalue weighted by Crippen LogP contribution is -2.71. The van der Waals surface area contributed by atoms with Crippen LogP contribution in [0.2, 0.25) is 0 Å². The number of hydrogen-bond donors (Lipinski definition) is 19. The third-order valence-corrected chi connectivity index (χ3v) is 29.4. The van der Waals surface area contributed by atoms with E-state index < -0.39 is 298 Å². The van der Waals surface area contributed by atoms with Crippen LogP contribution >= 0.6 is 0 Å². The van der Waals surface area contributed by atoms with E-state index >= 15 is 4.79 Å². The zero-order valence-corrected chi connectivity index (χ0v) is 68.5. The first-order valence-corrected chi connectivity index (χ1v) is 42.5. The minimum absolute atomic E-state index is 0.0120. The lowest BCUT2D eigenvalue weighted by atomic mass is 9.33. The molecule has 0 aromatic rings. The number of amides is 1. The maximum Gasteiger partial charge on any atom is 0.317 e. The summed E-state index contributed by atoms with van der Waals surface area (Å²) in [6, 6.07) is -1.52. The number of carbonyl (C=O) groups excluding carboxylic acids is 3. The van der Waals surface area contributed by atoms with E-state index in [9.17, 15) is 102 Å². The minimum atomic E-state index is -2.11. The molecule has 11 fully saturated rings. The number of ether oxygens (including phenoxy) is 14. The Bertz CT molecular complexity index is 3310. The topological polar surface area (TPSA) is 557 Å². The van der Waals surface area contributed by atoms with Crippen molar-refractivity contribution in [2.75, 3.05) is 33.0 Å². The van der Waals surface area contributed by atoms with Gasteiger partial charge in [-0.1, -0.05) is 111 Å². The number of aldehydes is 1. The highest BCUT2D eigenvalue weighted by atomic mass is 16.8. The monoisotopic (exact) mass is 1680 g/mol. The van der Waals surface area contributed by atoms with Crippen LogP contribution in [-0.2, 0) is 80.7 Å². The molecule has 19 N–H and O–H groups in total. The van der Waals surface area contributed by atoms with Crippen LogP contribution in [0.1, 0.15) is 184 Å². The fraction of sp³-hybridized carbons (Fsp3) is 0.938. The molecule has 0 radical (unpaired) electrons. The summed E-state index contributed by atoms with van der Waals surface area (Å²) in [7, 11) is 0. The van der Waals surface area contributed by atoms with Crippen molar-refractivity contribution in [3.05, 3.63) is 11.6 Å². The Morgan fingerprint density at radius 2 is 1.00 bits per heavy atom. The summed E-state index contributed by atoms with van der Waals surface area (Å²) in [4.78, 5) is 45.3. The zero-order valence-electron chi connectivity index (χ0n) is 68.5. The third kappa shape index (κ3) is 17.9. The van der Waals surface area contributed by atoms with Gasteiger partial charge >= 0.3 is 5.97 Å². The van der Waals surface area contributed by atoms with Crippen LogP contribution in [0.25, 0.3) is 0 Å². The number of unbranched alkanes of at least 4 members (excludes halogenated alkanes) is 8. The second kappa shape index (κ2) is 37.7. The molecular formula is C81H133NO35. The Kier molecular flexibility index (Phi) is 30.1. The standard InChI is InChI=1S/C81H133NO35/c1-10-11-12-13-14-15-16-17-18-19-49(90)82-50-43(30-83)109-74(67(65(50)114-70-60(100)55(95)51(91)36(2)107-70)116-71-62(102)57(97)63(37(3)108-71)112-68-58(98)52(92)40(86)32-104-68)117-75(103)81-27-26-76(4,5)28-39(81)38-20-21-46-77(6)24-23-48(78(7,35-85)45(77)22-25-79(46,8)80(38,9)29-47(81)89)111-73-66(115-72-61(101)56(96)54(94)44(31-84)110-72)64(42(88)34-106-73)113-69-59(99)53(93)41(87)33-105-69/h20,35-37,39-48,50-74,83-84,86-89,91-102H,10-19,21-34H2,1-9H3,(H,82,90)/t36-,37?,39?,40+,41+,42+,43?,44?,45+,46?,47?,48-,50-,51-,52?,53-,54-,55?,56-,57?,58+,59?,60-,61?,62-,63-,64-,65?,66?,67+,68-,69-,70?,71-,72-,73-,74-,77?,78+,79-,80+,81+/m0/s1. The Morgan fingerprint density at radius 1 is 0.487 bits per heavy atom. The SMILES string of the molecule is CCCCCCCCCCCC(=O)N[C@H]1C(CO)O[C@@H](OC(=O)[C@]23CCC(C)(C)CC2C2=CCC4C5(C)CC[C@H](O[C@@H]6OC[C@@H](O)[C@H](O[C@@H]7OC[C@@H](O)[C@H](O)C7O)C6O[C@@H]6OC(CO)[C@H](O)[C@H](O)C6O)[C@](C)(C=O)[C@@H]5CC[C@]4(C)[C@]2(C)CC3O)[C@H](O[C@@H]2OC(C)[C@H](O[C@@H]3OC[C@@H](O)C(O)[C@H]3O)C(O)[C@@H]2O)C1OC1O[C@@H](C)[C@H](O)C(O)[C@@H]1O. The Labute approximate surface area is 681 Å². The van der Waals surface area contributed by atoms with Gasteiger partial charge in [0.2, 0.25) is 12.2 Å². The van der Waals surface area contributed by atoms with E-state index in [-0.39, 0.29) is 31.6 Å². The van der Waals surface area contributed by atoms with Gasteiger partial charge in [0.1, 0.15) is 140 Å². The van der Waals surface area contributed by atoms with E-state index in [4.69, 9.17) is 66.3 Å². The van der Waals surface area contributed by atoms with Gasteiger partial charge in [0, 0.05) is 6.42 Å². The van der Waals surface area contributed by atoms with Gasteiger partial charge in [-0.3, -0.25) is 9.59 Å². The van der Waals surface area contributed by atoms with Crippen LogP contribution in [0.15, 0.2) is 11.6 Å². The van der Waals surface area contributed by atoms with Crippen molar-refractivity contribution >= 4 is 18.2 Å². The summed E-state index contributed by atoms with van der Waals surface area (Å²) in [6.45, 7) is 14.2. The number of carbonyl (C=O) groups is 3. The van der Waals surface area contributed by atoms with Gasteiger partial charge in [0.25, 0.3) is 0 Å². The van der Waals surface area contributed by atoms with Crippen molar-refractivity contribution in [1.29, 1.82) is 0 Å². The van der Waals surface area contributed by atoms with Crippen molar-refractivity contribution < 1.29 is 173 Å². The van der Waals surface area contributed by atoms with E-state index in [1.54, 1.807) is 6.92 Å². The van der Waals surface area contributed by atoms with E-state index in [0.717, 1.165) is 56.8 Å². The minimum Gasteiger partial charge on any atom is -0.432 e. The lowest BCUT2D eigenvalue weighted by Gasteiger charge is -2.71. The summed E-state index contributed by atoms with van der Waals surface area (Å²) < 4.78 is 87.5. The number of hydrogen-bond acceptors (Lipinski definition) is 35. The van der Waals surface area contributed by atoms with Gasteiger partial charge in [-0.25, -0.2) is 0 Å². The van der Waals surface area contributed by atoms with Crippen LogP contribution in [0.3, 0.4) is 0 Å². The molecule has 0 spiro atoms. The number of aliphatic hydroxyl groups excluding tert-OH is 18. The first kappa shape index (κ1) is 93.3. The van der Waals surface area contributed by atoms with E-state index in [0.29, 0.717) is 51.4 Å². The predicted molar refractivity (Wildman–Crippen MR) is 399 cm³/mol. The maximum atomic E-state index is 16.5. The predicted octanol–water partition coefficient (Wildman–Crippen LogP) is -2.40. The molecule has 5 aliphatic carbocycles. The fourth-order valence-corrected chi connectivity index (χ4v) is 22.0. The first-order valence-electron chi connectivity index (χ1n) is 42.5. The summed E-state index contributed by atoms with van der Waals surface area (Å²) in [5.41, 5.74) is -4.85. The summed E-state index contributed by atoms with van der Waals surface area (Å²) in [5, 5.41) is 204. The molecule has 4 saturated carbocycles. The van der Waals surface area contributed by atoms with Crippen LogP contribution in [-0.4, -0.2) is 352 Å². The summed E-state index contributed by atoms with van der Waals surface area (Å²) >= 11 is 0. The average Bonchev–Trinajstić information content (AvgIpc) is 0.669. The quantitative estimate of drug-likeness (QED) is 0.0128. The van der Waals surface area contributed by atoms with Gasteiger partial charge in [-0.2, -0.15) is 0 Å².